The Labute approximate surface area is 129 Å². The number of fused-ring (bicyclic) bond motifs is 1. The monoisotopic (exact) mass is 332 g/mol. The second-order valence-electron chi connectivity index (χ2n) is 5.81. The summed E-state index contributed by atoms with van der Waals surface area (Å²) in [5.74, 6) is 0.887. The van der Waals surface area contributed by atoms with E-state index < -0.39 is 0 Å². The molecule has 1 aliphatic carbocycles. The maximum absolute atomic E-state index is 4.58. The van der Waals surface area contributed by atoms with Crippen molar-refractivity contribution >= 4 is 32.5 Å². The Bertz CT molecular complexity index is 597. The van der Waals surface area contributed by atoms with Gasteiger partial charge in [-0.15, -0.1) is 0 Å². The van der Waals surface area contributed by atoms with E-state index in [1.54, 1.807) is 0 Å². The van der Waals surface area contributed by atoms with Crippen LogP contribution in [0.4, 0.5) is 5.69 Å². The highest BCUT2D eigenvalue weighted by Crippen LogP contribution is 2.31. The van der Waals surface area contributed by atoms with Gasteiger partial charge in [0.2, 0.25) is 0 Å². The maximum atomic E-state index is 4.58. The molecule has 1 fully saturated rings. The van der Waals surface area contributed by atoms with Crippen LogP contribution in [0.15, 0.2) is 34.9 Å². The van der Waals surface area contributed by atoms with Gasteiger partial charge < -0.3 is 5.32 Å². The van der Waals surface area contributed by atoms with Crippen molar-refractivity contribution in [2.75, 3.05) is 5.32 Å². The number of nitrogens with one attached hydrogen (secondary N) is 1. The van der Waals surface area contributed by atoms with Crippen LogP contribution in [0.3, 0.4) is 0 Å². The molecule has 1 aromatic heterocycles. The van der Waals surface area contributed by atoms with E-state index in [0.29, 0.717) is 6.04 Å². The van der Waals surface area contributed by atoms with Crippen molar-refractivity contribution in [3.8, 4) is 0 Å². The third kappa shape index (κ3) is 2.98. The van der Waals surface area contributed by atoms with Gasteiger partial charge in [0.25, 0.3) is 0 Å². The fourth-order valence-electron chi connectivity index (χ4n) is 3.26. The number of nitrogens with zero attached hydrogens (tertiary/aromatic N) is 1. The van der Waals surface area contributed by atoms with Crippen molar-refractivity contribution in [1.29, 1.82) is 0 Å². The lowest BCUT2D eigenvalue weighted by molar-refractivity contribution is 0.327. The number of hydrogen-bond donors (Lipinski definition) is 1. The molecule has 0 bridgehead atoms. The topological polar surface area (TPSA) is 24.9 Å². The molecule has 1 aliphatic rings. The van der Waals surface area contributed by atoms with E-state index in [0.717, 1.165) is 15.9 Å². The molecule has 0 aliphatic heterocycles. The number of aromatic nitrogens is 1. The van der Waals surface area contributed by atoms with Gasteiger partial charge in [-0.1, -0.05) is 38.3 Å². The molecule has 106 valence electrons. The quantitative estimate of drug-likeness (QED) is 0.816. The number of anilines is 1. The molecule has 3 heteroatoms. The molecule has 1 heterocycles. The summed E-state index contributed by atoms with van der Waals surface area (Å²) in [5.41, 5.74) is 2.26. The second-order valence-corrected chi connectivity index (χ2v) is 6.73. The fraction of sp³-hybridized carbons (Fsp3) is 0.471. The van der Waals surface area contributed by atoms with Crippen LogP contribution >= 0.6 is 15.9 Å². The van der Waals surface area contributed by atoms with E-state index in [4.69, 9.17) is 0 Å². The van der Waals surface area contributed by atoms with Crippen LogP contribution in [0.1, 0.15) is 39.0 Å². The largest absolute Gasteiger partial charge is 0.381 e. The van der Waals surface area contributed by atoms with Crippen molar-refractivity contribution in [3.63, 3.8) is 0 Å². The number of benzene rings is 1. The SMILES string of the molecule is CCC1CCCC(Nc2cccc3cc(Br)cnc23)C1. The van der Waals surface area contributed by atoms with Crippen LogP contribution in [0, 0.1) is 5.92 Å². The van der Waals surface area contributed by atoms with E-state index in [1.807, 2.05) is 6.20 Å². The Kier molecular flexibility index (Phi) is 4.25. The van der Waals surface area contributed by atoms with Crippen molar-refractivity contribution in [2.24, 2.45) is 5.92 Å². The second kappa shape index (κ2) is 6.13. The highest BCUT2D eigenvalue weighted by atomic mass is 79.9. The van der Waals surface area contributed by atoms with Crippen molar-refractivity contribution in [3.05, 3.63) is 34.9 Å². The predicted molar refractivity (Wildman–Crippen MR) is 89.1 cm³/mol. The first-order valence-corrected chi connectivity index (χ1v) is 8.36. The van der Waals surface area contributed by atoms with Gasteiger partial charge in [0.05, 0.1) is 11.2 Å². The number of para-hydroxylation sites is 1. The number of hydrogen-bond acceptors (Lipinski definition) is 2. The van der Waals surface area contributed by atoms with Gasteiger partial charge in [0.1, 0.15) is 0 Å². The summed E-state index contributed by atoms with van der Waals surface area (Å²) in [5, 5.41) is 4.92. The summed E-state index contributed by atoms with van der Waals surface area (Å²) in [7, 11) is 0. The van der Waals surface area contributed by atoms with Crippen LogP contribution in [-0.2, 0) is 0 Å². The van der Waals surface area contributed by atoms with Crippen LogP contribution in [-0.4, -0.2) is 11.0 Å². The lowest BCUT2D eigenvalue weighted by Crippen LogP contribution is -2.27. The number of halogens is 1. The minimum Gasteiger partial charge on any atom is -0.381 e. The smallest absolute Gasteiger partial charge is 0.0934 e. The molecule has 20 heavy (non-hydrogen) atoms. The molecule has 2 aromatic rings. The molecule has 0 radical (unpaired) electrons. The van der Waals surface area contributed by atoms with Gasteiger partial charge >= 0.3 is 0 Å². The summed E-state index contributed by atoms with van der Waals surface area (Å²) in [6.45, 7) is 2.31. The summed E-state index contributed by atoms with van der Waals surface area (Å²) >= 11 is 3.49. The lowest BCUT2D eigenvalue weighted by Gasteiger charge is -2.30. The first kappa shape index (κ1) is 13.9. The van der Waals surface area contributed by atoms with E-state index >= 15 is 0 Å². The molecule has 0 saturated heterocycles. The van der Waals surface area contributed by atoms with E-state index in [2.05, 4.69) is 57.4 Å². The Balaban J connectivity index is 1.83. The molecule has 0 spiro atoms. The minimum atomic E-state index is 0.602. The number of rotatable bonds is 3. The minimum absolute atomic E-state index is 0.602. The molecule has 1 aromatic carbocycles. The third-order valence-electron chi connectivity index (χ3n) is 4.40. The van der Waals surface area contributed by atoms with E-state index in [9.17, 15) is 0 Å². The van der Waals surface area contributed by atoms with Gasteiger partial charge in [-0.3, -0.25) is 4.98 Å². The molecule has 3 rings (SSSR count). The molecular formula is C17H21BrN2. The molecule has 1 N–H and O–H groups in total. The molecular weight excluding hydrogens is 312 g/mol. The van der Waals surface area contributed by atoms with Crippen LogP contribution in [0.25, 0.3) is 10.9 Å². The van der Waals surface area contributed by atoms with Crippen molar-refractivity contribution < 1.29 is 0 Å². The standard InChI is InChI=1S/C17H21BrN2/c1-2-12-5-3-7-15(9-12)20-16-8-4-6-13-10-14(18)11-19-17(13)16/h4,6,8,10-12,15,20H,2-3,5,7,9H2,1H3. The summed E-state index contributed by atoms with van der Waals surface area (Å²) in [6.07, 6.45) is 8.50. The van der Waals surface area contributed by atoms with Crippen LogP contribution < -0.4 is 5.32 Å². The van der Waals surface area contributed by atoms with Gasteiger partial charge in [0.15, 0.2) is 0 Å². The van der Waals surface area contributed by atoms with Crippen molar-refractivity contribution in [2.45, 2.75) is 45.1 Å². The van der Waals surface area contributed by atoms with Gasteiger partial charge in [-0.2, -0.15) is 0 Å². The zero-order valence-electron chi connectivity index (χ0n) is 11.9. The Morgan fingerprint density at radius 3 is 3.10 bits per heavy atom. The highest BCUT2D eigenvalue weighted by Gasteiger charge is 2.21. The van der Waals surface area contributed by atoms with Crippen LogP contribution in [0.2, 0.25) is 0 Å². The first-order valence-electron chi connectivity index (χ1n) is 7.57. The molecule has 0 amide bonds. The Morgan fingerprint density at radius 1 is 1.35 bits per heavy atom. The third-order valence-corrected chi connectivity index (χ3v) is 4.83. The first-order chi connectivity index (χ1) is 9.76. The van der Waals surface area contributed by atoms with Gasteiger partial charge in [-0.05, 0) is 46.8 Å². The fourth-order valence-corrected chi connectivity index (χ4v) is 3.61. The summed E-state index contributed by atoms with van der Waals surface area (Å²) < 4.78 is 1.03. The average Bonchev–Trinajstić information content (AvgIpc) is 2.47. The zero-order chi connectivity index (χ0) is 13.9. The number of pyridine rings is 1. The van der Waals surface area contributed by atoms with Gasteiger partial charge in [-0.25, -0.2) is 0 Å². The molecule has 2 nitrogen and oxygen atoms in total. The predicted octanol–water partition coefficient (Wildman–Crippen LogP) is 5.38. The normalized spacial score (nSPS) is 22.9. The Morgan fingerprint density at radius 2 is 2.25 bits per heavy atom. The van der Waals surface area contributed by atoms with E-state index in [1.165, 1.54) is 43.2 Å². The summed E-state index contributed by atoms with van der Waals surface area (Å²) in [6, 6.07) is 9.11. The summed E-state index contributed by atoms with van der Waals surface area (Å²) in [4.78, 5) is 4.58. The van der Waals surface area contributed by atoms with Crippen LogP contribution in [0.5, 0.6) is 0 Å². The maximum Gasteiger partial charge on any atom is 0.0934 e. The molecule has 1 saturated carbocycles. The van der Waals surface area contributed by atoms with E-state index in [-0.39, 0.29) is 0 Å². The lowest BCUT2D eigenvalue weighted by atomic mass is 9.84. The highest BCUT2D eigenvalue weighted by molar-refractivity contribution is 9.10. The zero-order valence-corrected chi connectivity index (χ0v) is 13.5. The molecule has 2 atom stereocenters. The van der Waals surface area contributed by atoms with Gasteiger partial charge in [0, 0.05) is 22.1 Å². The molecule has 2 unspecified atom stereocenters. The van der Waals surface area contributed by atoms with Crippen molar-refractivity contribution in [1.82, 2.24) is 4.98 Å². The average molecular weight is 333 g/mol. The Hall–Kier alpha value is -1.09.